The quantitative estimate of drug-likeness (QED) is 0.468. The molecule has 4 nitrogen and oxygen atoms in total. The first-order valence-corrected chi connectivity index (χ1v) is 11.0. The molecule has 0 bridgehead atoms. The Bertz CT molecular complexity index is 1140. The summed E-state index contributed by atoms with van der Waals surface area (Å²) in [6, 6.07) is 24.8. The zero-order valence-corrected chi connectivity index (χ0v) is 19.7. The number of rotatable bonds is 5. The third-order valence-electron chi connectivity index (χ3n) is 4.98. The first-order valence-electron chi connectivity index (χ1n) is 10.2. The average molecular weight is 464 g/mol. The molecule has 1 aliphatic rings. The highest BCUT2D eigenvalue weighted by Crippen LogP contribution is 2.33. The zero-order chi connectivity index (χ0) is 21.6. The molecule has 3 aromatic rings. The molecule has 0 saturated heterocycles. The number of carbonyl (C=O) groups excluding carboxylic acids is 1. The SMILES string of the molecule is CC(=O)Nc1ccc(Sc2ccccc2C=CC2=CNCN(C)c3ccccc32)cc1.Cl. The van der Waals surface area contributed by atoms with Gasteiger partial charge in [0.05, 0.1) is 6.67 Å². The Labute approximate surface area is 199 Å². The number of amides is 1. The van der Waals surface area contributed by atoms with Crippen LogP contribution in [0.1, 0.15) is 18.1 Å². The number of nitrogens with one attached hydrogen (secondary N) is 2. The van der Waals surface area contributed by atoms with Gasteiger partial charge in [-0.05, 0) is 47.5 Å². The highest BCUT2D eigenvalue weighted by Gasteiger charge is 2.12. The molecular formula is C26H26ClN3OS. The second kappa shape index (κ2) is 10.9. The van der Waals surface area contributed by atoms with E-state index in [1.54, 1.807) is 11.8 Å². The van der Waals surface area contributed by atoms with Crippen molar-refractivity contribution in [1.82, 2.24) is 5.32 Å². The maximum absolute atomic E-state index is 11.2. The second-order valence-electron chi connectivity index (χ2n) is 7.36. The second-order valence-corrected chi connectivity index (χ2v) is 8.47. The molecule has 164 valence electrons. The number of para-hydroxylation sites is 1. The Balaban J connectivity index is 0.00000289. The normalized spacial score (nSPS) is 12.8. The van der Waals surface area contributed by atoms with Crippen LogP contribution < -0.4 is 15.5 Å². The van der Waals surface area contributed by atoms with E-state index in [0.29, 0.717) is 0 Å². The van der Waals surface area contributed by atoms with E-state index in [1.165, 1.54) is 23.1 Å². The molecule has 0 unspecified atom stereocenters. The van der Waals surface area contributed by atoms with Crippen LogP contribution >= 0.6 is 24.2 Å². The lowest BCUT2D eigenvalue weighted by Gasteiger charge is -2.19. The Hall–Kier alpha value is -3.15. The number of carbonyl (C=O) groups is 1. The number of benzene rings is 3. The summed E-state index contributed by atoms with van der Waals surface area (Å²) in [4.78, 5) is 15.7. The van der Waals surface area contributed by atoms with E-state index in [1.807, 2.05) is 24.3 Å². The third kappa shape index (κ3) is 5.75. The van der Waals surface area contributed by atoms with Gasteiger partial charge in [0.2, 0.25) is 5.91 Å². The molecular weight excluding hydrogens is 438 g/mol. The maximum atomic E-state index is 11.2. The smallest absolute Gasteiger partial charge is 0.221 e. The largest absolute Gasteiger partial charge is 0.373 e. The van der Waals surface area contributed by atoms with Gasteiger partial charge in [-0.2, -0.15) is 0 Å². The zero-order valence-electron chi connectivity index (χ0n) is 18.0. The standard InChI is InChI=1S/C26H25N3OS.ClH/c1-19(30)28-22-13-15-23(16-14-22)31-26-10-6-3-7-20(26)11-12-21-17-27-18-29(2)25-9-5-4-8-24(21)25;/h3-17,27H,18H2,1-2H3,(H,28,30);1H. The van der Waals surface area contributed by atoms with Crippen molar-refractivity contribution in [2.24, 2.45) is 0 Å². The van der Waals surface area contributed by atoms with Gasteiger partial charge in [-0.1, -0.05) is 60.3 Å². The van der Waals surface area contributed by atoms with Crippen LogP contribution in [0.25, 0.3) is 11.6 Å². The predicted octanol–water partition coefficient (Wildman–Crippen LogP) is 6.27. The van der Waals surface area contributed by atoms with Crippen molar-refractivity contribution in [1.29, 1.82) is 0 Å². The van der Waals surface area contributed by atoms with Gasteiger partial charge in [-0.25, -0.2) is 0 Å². The van der Waals surface area contributed by atoms with Gasteiger partial charge in [-0.15, -0.1) is 12.4 Å². The fourth-order valence-electron chi connectivity index (χ4n) is 3.47. The van der Waals surface area contributed by atoms with Crippen LogP contribution in [0.4, 0.5) is 11.4 Å². The van der Waals surface area contributed by atoms with Crippen LogP contribution in [0.3, 0.4) is 0 Å². The van der Waals surface area contributed by atoms with Gasteiger partial charge < -0.3 is 15.5 Å². The van der Waals surface area contributed by atoms with Crippen molar-refractivity contribution < 1.29 is 4.79 Å². The topological polar surface area (TPSA) is 44.4 Å². The minimum atomic E-state index is -0.0639. The molecule has 0 spiro atoms. The highest BCUT2D eigenvalue weighted by molar-refractivity contribution is 7.99. The van der Waals surface area contributed by atoms with E-state index >= 15 is 0 Å². The molecule has 4 rings (SSSR count). The summed E-state index contributed by atoms with van der Waals surface area (Å²) in [6.45, 7) is 2.29. The van der Waals surface area contributed by atoms with Crippen molar-refractivity contribution in [2.75, 3.05) is 23.9 Å². The molecule has 1 amide bonds. The number of hydrogen-bond acceptors (Lipinski definition) is 4. The van der Waals surface area contributed by atoms with Gasteiger partial charge in [0.15, 0.2) is 0 Å². The van der Waals surface area contributed by atoms with E-state index < -0.39 is 0 Å². The minimum Gasteiger partial charge on any atom is -0.373 e. The van der Waals surface area contributed by atoms with Crippen molar-refractivity contribution in [3.63, 3.8) is 0 Å². The molecule has 1 aliphatic heterocycles. The number of halogens is 1. The lowest BCUT2D eigenvalue weighted by atomic mass is 10.0. The van der Waals surface area contributed by atoms with Gasteiger partial charge in [0.25, 0.3) is 0 Å². The van der Waals surface area contributed by atoms with Crippen molar-refractivity contribution in [3.8, 4) is 0 Å². The van der Waals surface area contributed by atoms with Crippen LogP contribution in [0.2, 0.25) is 0 Å². The van der Waals surface area contributed by atoms with Gasteiger partial charge >= 0.3 is 0 Å². The van der Waals surface area contributed by atoms with Crippen LogP contribution in [-0.2, 0) is 4.79 Å². The first-order chi connectivity index (χ1) is 15.1. The average Bonchev–Trinajstić information content (AvgIpc) is 2.93. The summed E-state index contributed by atoms with van der Waals surface area (Å²) in [5, 5.41) is 6.19. The molecule has 0 aliphatic carbocycles. The van der Waals surface area contributed by atoms with E-state index in [9.17, 15) is 4.79 Å². The lowest BCUT2D eigenvalue weighted by molar-refractivity contribution is -0.114. The molecule has 1 heterocycles. The summed E-state index contributed by atoms with van der Waals surface area (Å²) in [5.74, 6) is -0.0639. The number of hydrogen-bond donors (Lipinski definition) is 2. The third-order valence-corrected chi connectivity index (χ3v) is 6.08. The van der Waals surface area contributed by atoms with Gasteiger partial charge in [-0.3, -0.25) is 4.79 Å². The van der Waals surface area contributed by atoms with Gasteiger partial charge in [0.1, 0.15) is 0 Å². The van der Waals surface area contributed by atoms with E-state index in [-0.39, 0.29) is 18.3 Å². The van der Waals surface area contributed by atoms with E-state index in [2.05, 4.69) is 89.5 Å². The Morgan fingerprint density at radius 2 is 1.72 bits per heavy atom. The fraction of sp³-hybridized carbons (Fsp3) is 0.115. The molecule has 0 saturated carbocycles. The molecule has 3 aromatic carbocycles. The predicted molar refractivity (Wildman–Crippen MR) is 138 cm³/mol. The summed E-state index contributed by atoms with van der Waals surface area (Å²) in [7, 11) is 2.09. The van der Waals surface area contributed by atoms with Crippen molar-refractivity contribution >= 4 is 53.1 Å². The first kappa shape index (κ1) is 23.5. The summed E-state index contributed by atoms with van der Waals surface area (Å²) in [5.41, 5.74) is 5.55. The maximum Gasteiger partial charge on any atom is 0.221 e. The van der Waals surface area contributed by atoms with E-state index in [4.69, 9.17) is 0 Å². The van der Waals surface area contributed by atoms with Crippen LogP contribution in [0, 0.1) is 0 Å². The van der Waals surface area contributed by atoms with Gasteiger partial charge in [0, 0.05) is 46.9 Å². The van der Waals surface area contributed by atoms with Crippen LogP contribution in [-0.4, -0.2) is 19.6 Å². The number of anilines is 2. The molecule has 0 aromatic heterocycles. The molecule has 0 radical (unpaired) electrons. The van der Waals surface area contributed by atoms with Crippen LogP contribution in [0.5, 0.6) is 0 Å². The minimum absolute atomic E-state index is 0. The summed E-state index contributed by atoms with van der Waals surface area (Å²) >= 11 is 1.71. The fourth-order valence-corrected chi connectivity index (χ4v) is 4.40. The highest BCUT2D eigenvalue weighted by atomic mass is 35.5. The monoisotopic (exact) mass is 463 g/mol. The number of allylic oxidation sites excluding steroid dienone is 2. The van der Waals surface area contributed by atoms with E-state index in [0.717, 1.165) is 28.4 Å². The molecule has 32 heavy (non-hydrogen) atoms. The molecule has 2 N–H and O–H groups in total. The Kier molecular flexibility index (Phi) is 8.03. The van der Waals surface area contributed by atoms with Crippen LogP contribution in [0.15, 0.2) is 94.9 Å². The summed E-state index contributed by atoms with van der Waals surface area (Å²) in [6.07, 6.45) is 6.42. The molecule has 0 atom stereocenters. The lowest BCUT2D eigenvalue weighted by Crippen LogP contribution is -2.26. The number of nitrogens with zero attached hydrogens (tertiary/aromatic N) is 1. The summed E-state index contributed by atoms with van der Waals surface area (Å²) < 4.78 is 0. The van der Waals surface area contributed by atoms with Crippen molar-refractivity contribution in [2.45, 2.75) is 16.7 Å². The Morgan fingerprint density at radius 3 is 2.50 bits per heavy atom. The molecule has 6 heteroatoms. The Morgan fingerprint density at radius 1 is 1.00 bits per heavy atom. The number of fused-ring (bicyclic) bond motifs is 1. The van der Waals surface area contributed by atoms with Crippen molar-refractivity contribution in [3.05, 3.63) is 96.2 Å². The molecule has 0 fully saturated rings.